The molecule has 0 spiro atoms. The van der Waals surface area contributed by atoms with Gasteiger partial charge in [0.25, 0.3) is 5.91 Å². The third-order valence-corrected chi connectivity index (χ3v) is 6.02. The normalized spacial score (nSPS) is 21.3. The highest BCUT2D eigenvalue weighted by Crippen LogP contribution is 2.30. The molecule has 156 valence electrons. The minimum atomic E-state index is -0.442. The third kappa shape index (κ3) is 4.62. The van der Waals surface area contributed by atoms with Crippen molar-refractivity contribution in [3.8, 4) is 5.75 Å². The molecule has 2 saturated heterocycles. The fourth-order valence-electron chi connectivity index (χ4n) is 4.34. The summed E-state index contributed by atoms with van der Waals surface area (Å²) in [6.07, 6.45) is 3.09. The molecule has 1 atom stereocenters. The molecule has 1 amide bonds. The lowest BCUT2D eigenvalue weighted by atomic mass is 9.93. The van der Waals surface area contributed by atoms with Crippen LogP contribution < -0.4 is 4.74 Å². The first-order valence-corrected chi connectivity index (χ1v) is 10.4. The number of hydrogen-bond acceptors (Lipinski definition) is 6. The minimum Gasteiger partial charge on any atom is -0.496 e. The van der Waals surface area contributed by atoms with Crippen LogP contribution in [-0.4, -0.2) is 65.4 Å². The molecule has 1 aromatic carbocycles. The summed E-state index contributed by atoms with van der Waals surface area (Å²) in [5.41, 5.74) is 2.06. The number of ether oxygens (including phenoxy) is 1. The number of rotatable bonds is 5. The molecular formula is C22H29N3O4. The largest absolute Gasteiger partial charge is 0.496 e. The van der Waals surface area contributed by atoms with Crippen LogP contribution in [0.2, 0.25) is 0 Å². The maximum Gasteiger partial charge on any atom is 0.292 e. The number of carbonyl (C=O) groups excluding carboxylic acids is 1. The summed E-state index contributed by atoms with van der Waals surface area (Å²) in [6.45, 7) is 3.84. The van der Waals surface area contributed by atoms with Gasteiger partial charge in [-0.2, -0.15) is 0 Å². The van der Waals surface area contributed by atoms with Crippen molar-refractivity contribution in [2.75, 3.05) is 33.3 Å². The number of aliphatic hydroxyl groups excluding tert-OH is 1. The quantitative estimate of drug-likeness (QED) is 0.833. The summed E-state index contributed by atoms with van der Waals surface area (Å²) in [5, 5.41) is 14.0. The number of carbonyl (C=O) groups is 1. The molecule has 7 nitrogen and oxygen atoms in total. The number of aromatic nitrogens is 1. The molecule has 1 N–H and O–H groups in total. The van der Waals surface area contributed by atoms with Crippen LogP contribution in [0, 0.1) is 0 Å². The van der Waals surface area contributed by atoms with E-state index in [1.54, 1.807) is 18.1 Å². The molecule has 3 heterocycles. The van der Waals surface area contributed by atoms with E-state index < -0.39 is 6.10 Å². The van der Waals surface area contributed by atoms with Crippen molar-refractivity contribution < 1.29 is 19.2 Å². The third-order valence-electron chi connectivity index (χ3n) is 6.02. The van der Waals surface area contributed by atoms with Gasteiger partial charge in [0, 0.05) is 37.2 Å². The van der Waals surface area contributed by atoms with E-state index in [1.165, 1.54) is 5.56 Å². The molecular weight excluding hydrogens is 370 g/mol. The summed E-state index contributed by atoms with van der Waals surface area (Å²) < 4.78 is 10.8. The van der Waals surface area contributed by atoms with Crippen LogP contribution in [0.3, 0.4) is 0 Å². The molecule has 2 fully saturated rings. The van der Waals surface area contributed by atoms with Gasteiger partial charge in [-0.15, -0.1) is 0 Å². The number of β-amino-alcohol motifs (C(OH)–C–C–N with tert-alkyl or cyclic N) is 1. The van der Waals surface area contributed by atoms with E-state index in [4.69, 9.17) is 9.26 Å². The van der Waals surface area contributed by atoms with Gasteiger partial charge >= 0.3 is 0 Å². The van der Waals surface area contributed by atoms with E-state index in [0.717, 1.165) is 56.8 Å². The number of methoxy groups -OCH3 is 1. The molecule has 0 bridgehead atoms. The van der Waals surface area contributed by atoms with Gasteiger partial charge in [-0.25, -0.2) is 0 Å². The molecule has 2 aliphatic rings. The van der Waals surface area contributed by atoms with Crippen molar-refractivity contribution >= 4 is 5.91 Å². The smallest absolute Gasteiger partial charge is 0.292 e. The molecule has 0 radical (unpaired) electrons. The Labute approximate surface area is 171 Å². The van der Waals surface area contributed by atoms with E-state index in [1.807, 2.05) is 18.2 Å². The topological polar surface area (TPSA) is 79.0 Å². The Morgan fingerprint density at radius 2 is 2.03 bits per heavy atom. The lowest BCUT2D eigenvalue weighted by Crippen LogP contribution is -2.42. The molecule has 0 aliphatic carbocycles. The average Bonchev–Trinajstić information content (AvgIpc) is 3.24. The van der Waals surface area contributed by atoms with E-state index in [9.17, 15) is 9.90 Å². The van der Waals surface area contributed by atoms with E-state index in [-0.39, 0.29) is 11.7 Å². The molecule has 0 unspecified atom stereocenters. The van der Waals surface area contributed by atoms with Gasteiger partial charge in [-0.05, 0) is 44.8 Å². The van der Waals surface area contributed by atoms with Crippen LogP contribution >= 0.6 is 0 Å². The average molecular weight is 399 g/mol. The van der Waals surface area contributed by atoms with Crippen molar-refractivity contribution in [2.45, 2.75) is 44.2 Å². The number of benzene rings is 1. The Balaban J connectivity index is 1.33. The molecule has 2 aliphatic heterocycles. The SMILES string of the molecule is COc1ccccc1CN1CCC(c2cc(C(=O)N3CCC[C@H](O)C3)on2)CC1. The fourth-order valence-corrected chi connectivity index (χ4v) is 4.34. The van der Waals surface area contributed by atoms with Gasteiger partial charge in [0.05, 0.1) is 18.9 Å². The van der Waals surface area contributed by atoms with Gasteiger partial charge in [-0.3, -0.25) is 9.69 Å². The lowest BCUT2D eigenvalue weighted by Gasteiger charge is -2.31. The standard InChI is InChI=1S/C22H29N3O4/c1-28-20-7-3-2-5-17(20)14-24-11-8-16(9-12-24)19-13-21(29-23-19)22(27)25-10-4-6-18(26)15-25/h2-3,5,7,13,16,18,26H,4,6,8-12,14-15H2,1H3/t18-/m0/s1. The number of piperidine rings is 2. The van der Waals surface area contributed by atoms with Crippen molar-refractivity contribution in [1.82, 2.24) is 15.0 Å². The van der Waals surface area contributed by atoms with Crippen LogP contribution in [0.4, 0.5) is 0 Å². The van der Waals surface area contributed by atoms with Crippen LogP contribution in [0.5, 0.6) is 5.75 Å². The number of hydrogen-bond donors (Lipinski definition) is 1. The van der Waals surface area contributed by atoms with Crippen molar-refractivity contribution in [3.05, 3.63) is 47.3 Å². The van der Waals surface area contributed by atoms with Gasteiger partial charge in [0.2, 0.25) is 5.76 Å². The number of likely N-dealkylation sites (tertiary alicyclic amines) is 2. The summed E-state index contributed by atoms with van der Waals surface area (Å²) in [4.78, 5) is 16.7. The highest BCUT2D eigenvalue weighted by molar-refractivity contribution is 5.91. The van der Waals surface area contributed by atoms with E-state index in [2.05, 4.69) is 16.1 Å². The number of para-hydroxylation sites is 1. The first kappa shape index (κ1) is 19.9. The van der Waals surface area contributed by atoms with Crippen LogP contribution in [0.25, 0.3) is 0 Å². The zero-order valence-corrected chi connectivity index (χ0v) is 16.9. The predicted molar refractivity (Wildman–Crippen MR) is 108 cm³/mol. The van der Waals surface area contributed by atoms with Crippen molar-refractivity contribution in [1.29, 1.82) is 0 Å². The van der Waals surface area contributed by atoms with Crippen molar-refractivity contribution in [2.24, 2.45) is 0 Å². The first-order valence-electron chi connectivity index (χ1n) is 10.4. The predicted octanol–water partition coefficient (Wildman–Crippen LogP) is 2.66. The number of amides is 1. The molecule has 4 rings (SSSR count). The Kier molecular flexibility index (Phi) is 6.16. The molecule has 29 heavy (non-hydrogen) atoms. The maximum absolute atomic E-state index is 12.6. The molecule has 1 aromatic heterocycles. The second kappa shape index (κ2) is 8.97. The second-order valence-electron chi connectivity index (χ2n) is 8.03. The number of aliphatic hydroxyl groups is 1. The maximum atomic E-state index is 12.6. The zero-order valence-electron chi connectivity index (χ0n) is 16.9. The Morgan fingerprint density at radius 3 is 2.79 bits per heavy atom. The van der Waals surface area contributed by atoms with Gasteiger partial charge in [0.1, 0.15) is 5.75 Å². The molecule has 0 saturated carbocycles. The van der Waals surface area contributed by atoms with E-state index in [0.29, 0.717) is 19.0 Å². The van der Waals surface area contributed by atoms with Crippen LogP contribution in [0.1, 0.15) is 53.4 Å². The summed E-state index contributed by atoms with van der Waals surface area (Å²) in [6, 6.07) is 9.93. The molecule has 7 heteroatoms. The van der Waals surface area contributed by atoms with Crippen LogP contribution in [0.15, 0.2) is 34.9 Å². The Hall–Kier alpha value is -2.38. The highest BCUT2D eigenvalue weighted by Gasteiger charge is 2.28. The Morgan fingerprint density at radius 1 is 1.24 bits per heavy atom. The Bertz CT molecular complexity index is 829. The van der Waals surface area contributed by atoms with Gasteiger partial charge in [-0.1, -0.05) is 23.4 Å². The van der Waals surface area contributed by atoms with Gasteiger partial charge in [0.15, 0.2) is 0 Å². The highest BCUT2D eigenvalue weighted by atomic mass is 16.5. The van der Waals surface area contributed by atoms with Crippen LogP contribution in [-0.2, 0) is 6.54 Å². The fraction of sp³-hybridized carbons (Fsp3) is 0.545. The van der Waals surface area contributed by atoms with Crippen molar-refractivity contribution in [3.63, 3.8) is 0 Å². The zero-order chi connectivity index (χ0) is 20.2. The van der Waals surface area contributed by atoms with E-state index >= 15 is 0 Å². The minimum absolute atomic E-state index is 0.170. The first-order chi connectivity index (χ1) is 14.1. The van der Waals surface area contributed by atoms with Gasteiger partial charge < -0.3 is 19.3 Å². The summed E-state index contributed by atoms with van der Waals surface area (Å²) >= 11 is 0. The second-order valence-corrected chi connectivity index (χ2v) is 8.03. The lowest BCUT2D eigenvalue weighted by molar-refractivity contribution is 0.0441. The number of nitrogens with zero attached hydrogens (tertiary/aromatic N) is 3. The summed E-state index contributed by atoms with van der Waals surface area (Å²) in [5.74, 6) is 1.35. The monoisotopic (exact) mass is 399 g/mol. The summed E-state index contributed by atoms with van der Waals surface area (Å²) in [7, 11) is 1.71. The molecule has 2 aromatic rings.